The number of ether oxygens (including phenoxy) is 1. The van der Waals surface area contributed by atoms with Gasteiger partial charge in [0.15, 0.2) is 0 Å². The minimum atomic E-state index is -0.294. The predicted molar refractivity (Wildman–Crippen MR) is 90.3 cm³/mol. The van der Waals surface area contributed by atoms with Crippen LogP contribution >= 0.6 is 0 Å². The van der Waals surface area contributed by atoms with Gasteiger partial charge in [-0.25, -0.2) is 4.39 Å². The first-order chi connectivity index (χ1) is 12.1. The van der Waals surface area contributed by atoms with E-state index in [1.54, 1.807) is 12.1 Å². The maximum absolute atomic E-state index is 13.7. The average molecular weight is 348 g/mol. The zero-order chi connectivity index (χ0) is 17.4. The van der Waals surface area contributed by atoms with Gasteiger partial charge in [-0.3, -0.25) is 9.69 Å². The molecule has 1 aromatic carbocycles. The smallest absolute Gasteiger partial charge is 0.225 e. The van der Waals surface area contributed by atoms with Crippen LogP contribution < -0.4 is 0 Å². The largest absolute Gasteiger partial charge is 0.393 e. The molecule has 1 aromatic rings. The number of amides is 1. The lowest BCUT2D eigenvalue weighted by molar-refractivity contribution is -0.144. The number of nitrogens with zero attached hydrogens (tertiary/aromatic N) is 2. The molecule has 1 aliphatic carbocycles. The molecule has 1 amide bonds. The predicted octanol–water partition coefficient (Wildman–Crippen LogP) is 1.40. The Hall–Kier alpha value is -1.50. The van der Waals surface area contributed by atoms with Crippen molar-refractivity contribution in [2.45, 2.75) is 44.1 Å². The highest BCUT2D eigenvalue weighted by Crippen LogP contribution is 2.31. The molecule has 3 fully saturated rings. The minimum absolute atomic E-state index is 0.0102. The summed E-state index contributed by atoms with van der Waals surface area (Å²) in [5.41, 5.74) is 0.590. The SMILES string of the molecule is O=C(C1CC(O)C1)N1CCN2C[C@@H](OCc3ccccc3F)C[C@H]2C1. The quantitative estimate of drug-likeness (QED) is 0.894. The van der Waals surface area contributed by atoms with Gasteiger partial charge in [-0.2, -0.15) is 0 Å². The van der Waals surface area contributed by atoms with Crippen LogP contribution in [0.3, 0.4) is 0 Å². The van der Waals surface area contributed by atoms with Crippen LogP contribution in [0.5, 0.6) is 0 Å². The van der Waals surface area contributed by atoms with Gasteiger partial charge in [0.2, 0.25) is 5.91 Å². The Kier molecular flexibility index (Phi) is 4.75. The normalized spacial score (nSPS) is 32.3. The zero-order valence-electron chi connectivity index (χ0n) is 14.3. The average Bonchev–Trinajstić information content (AvgIpc) is 2.99. The molecule has 2 aliphatic heterocycles. The van der Waals surface area contributed by atoms with Gasteiger partial charge in [-0.05, 0) is 25.3 Å². The summed E-state index contributed by atoms with van der Waals surface area (Å²) in [6, 6.07) is 7.04. The first-order valence-corrected chi connectivity index (χ1v) is 9.16. The third kappa shape index (κ3) is 3.57. The molecule has 25 heavy (non-hydrogen) atoms. The minimum Gasteiger partial charge on any atom is -0.393 e. The molecule has 2 heterocycles. The molecule has 3 aliphatic rings. The number of aliphatic hydroxyl groups excluding tert-OH is 1. The van der Waals surface area contributed by atoms with Crippen molar-refractivity contribution in [2.75, 3.05) is 26.2 Å². The van der Waals surface area contributed by atoms with Crippen LogP contribution in [0.25, 0.3) is 0 Å². The van der Waals surface area contributed by atoms with E-state index in [4.69, 9.17) is 4.74 Å². The summed E-state index contributed by atoms with van der Waals surface area (Å²) >= 11 is 0. The Morgan fingerprint density at radius 3 is 2.76 bits per heavy atom. The number of carbonyl (C=O) groups excluding carboxylic acids is 1. The Balaban J connectivity index is 1.28. The topological polar surface area (TPSA) is 53.0 Å². The van der Waals surface area contributed by atoms with Gasteiger partial charge in [0, 0.05) is 43.7 Å². The number of benzene rings is 1. The first-order valence-electron chi connectivity index (χ1n) is 9.16. The monoisotopic (exact) mass is 348 g/mol. The van der Waals surface area contributed by atoms with Crippen molar-refractivity contribution in [3.8, 4) is 0 Å². The Bertz CT molecular complexity index is 635. The van der Waals surface area contributed by atoms with E-state index in [-0.39, 0.29) is 29.9 Å². The van der Waals surface area contributed by atoms with E-state index in [0.717, 1.165) is 32.6 Å². The van der Waals surface area contributed by atoms with E-state index < -0.39 is 0 Å². The fraction of sp³-hybridized carbons (Fsp3) is 0.632. The molecule has 0 spiro atoms. The fourth-order valence-corrected chi connectivity index (χ4v) is 4.19. The summed E-state index contributed by atoms with van der Waals surface area (Å²) in [6.07, 6.45) is 1.89. The molecule has 4 rings (SSSR count). The van der Waals surface area contributed by atoms with Gasteiger partial charge in [0.1, 0.15) is 5.82 Å². The number of hydrogen-bond donors (Lipinski definition) is 1. The van der Waals surface area contributed by atoms with E-state index in [2.05, 4.69) is 4.90 Å². The summed E-state index contributed by atoms with van der Waals surface area (Å²) in [6.45, 7) is 3.50. The molecule has 136 valence electrons. The van der Waals surface area contributed by atoms with Gasteiger partial charge in [-0.15, -0.1) is 0 Å². The molecule has 1 saturated carbocycles. The van der Waals surface area contributed by atoms with Crippen LogP contribution in [0.15, 0.2) is 24.3 Å². The highest BCUT2D eigenvalue weighted by molar-refractivity contribution is 5.80. The van der Waals surface area contributed by atoms with E-state index >= 15 is 0 Å². The third-order valence-corrected chi connectivity index (χ3v) is 5.78. The van der Waals surface area contributed by atoms with E-state index in [0.29, 0.717) is 31.1 Å². The van der Waals surface area contributed by atoms with E-state index in [1.165, 1.54) is 6.07 Å². The number of carbonyl (C=O) groups is 1. The molecule has 0 radical (unpaired) electrons. The molecule has 0 unspecified atom stereocenters. The summed E-state index contributed by atoms with van der Waals surface area (Å²) in [5.74, 6) is -0.0191. The third-order valence-electron chi connectivity index (χ3n) is 5.78. The van der Waals surface area contributed by atoms with Crippen molar-refractivity contribution in [3.63, 3.8) is 0 Å². The molecule has 2 saturated heterocycles. The van der Waals surface area contributed by atoms with Crippen LogP contribution in [0.4, 0.5) is 4.39 Å². The second-order valence-corrected chi connectivity index (χ2v) is 7.52. The van der Waals surface area contributed by atoms with Gasteiger partial charge in [0.05, 0.1) is 18.8 Å². The number of hydrogen-bond acceptors (Lipinski definition) is 4. The number of halogens is 1. The molecule has 0 aromatic heterocycles. The van der Waals surface area contributed by atoms with Crippen LogP contribution in [-0.4, -0.2) is 65.2 Å². The van der Waals surface area contributed by atoms with Gasteiger partial charge in [0.25, 0.3) is 0 Å². The van der Waals surface area contributed by atoms with Crippen molar-refractivity contribution in [2.24, 2.45) is 5.92 Å². The van der Waals surface area contributed by atoms with Gasteiger partial charge in [-0.1, -0.05) is 18.2 Å². The summed E-state index contributed by atoms with van der Waals surface area (Å²) in [4.78, 5) is 16.8. The van der Waals surface area contributed by atoms with Crippen molar-refractivity contribution >= 4 is 5.91 Å². The molecule has 1 N–H and O–H groups in total. The van der Waals surface area contributed by atoms with Crippen LogP contribution in [0, 0.1) is 11.7 Å². The van der Waals surface area contributed by atoms with Crippen molar-refractivity contribution in [1.82, 2.24) is 9.80 Å². The van der Waals surface area contributed by atoms with Crippen LogP contribution in [0.1, 0.15) is 24.8 Å². The van der Waals surface area contributed by atoms with Gasteiger partial charge < -0.3 is 14.7 Å². The van der Waals surface area contributed by atoms with E-state index in [9.17, 15) is 14.3 Å². The molecular weight excluding hydrogens is 323 g/mol. The van der Waals surface area contributed by atoms with E-state index in [1.807, 2.05) is 11.0 Å². The Morgan fingerprint density at radius 1 is 1.20 bits per heavy atom. The molecule has 5 nitrogen and oxygen atoms in total. The lowest BCUT2D eigenvalue weighted by Crippen LogP contribution is -2.55. The zero-order valence-corrected chi connectivity index (χ0v) is 14.3. The number of piperazine rings is 1. The summed E-state index contributed by atoms with van der Waals surface area (Å²) < 4.78 is 19.6. The maximum atomic E-state index is 13.7. The summed E-state index contributed by atoms with van der Waals surface area (Å²) in [5, 5.41) is 9.40. The lowest BCUT2D eigenvalue weighted by Gasteiger charge is -2.41. The molecule has 2 atom stereocenters. The van der Waals surface area contributed by atoms with Gasteiger partial charge >= 0.3 is 0 Å². The van der Waals surface area contributed by atoms with Crippen LogP contribution in [0.2, 0.25) is 0 Å². The van der Waals surface area contributed by atoms with Crippen molar-refractivity contribution < 1.29 is 19.0 Å². The van der Waals surface area contributed by atoms with Crippen molar-refractivity contribution in [1.29, 1.82) is 0 Å². The Morgan fingerprint density at radius 2 is 2.00 bits per heavy atom. The standard InChI is InChI=1S/C19H25FN2O3/c20-18-4-2-1-3-13(18)12-25-17-9-15-10-22(6-5-21(15)11-17)19(24)14-7-16(23)8-14/h1-4,14-17,23H,5-12H2/t14?,15-,16?,17-/m0/s1. The number of rotatable bonds is 4. The molecular formula is C19H25FN2O3. The molecule has 6 heteroatoms. The highest BCUT2D eigenvalue weighted by Gasteiger charge is 2.41. The van der Waals surface area contributed by atoms with Crippen LogP contribution in [-0.2, 0) is 16.1 Å². The Labute approximate surface area is 147 Å². The maximum Gasteiger partial charge on any atom is 0.225 e. The summed E-state index contributed by atoms with van der Waals surface area (Å²) in [7, 11) is 0. The van der Waals surface area contributed by atoms with Crippen molar-refractivity contribution in [3.05, 3.63) is 35.6 Å². The lowest BCUT2D eigenvalue weighted by atomic mass is 9.81. The number of fused-ring (bicyclic) bond motifs is 1. The first kappa shape index (κ1) is 16.9. The fourth-order valence-electron chi connectivity index (χ4n) is 4.19. The second-order valence-electron chi connectivity index (χ2n) is 7.52. The molecule has 0 bridgehead atoms. The highest BCUT2D eigenvalue weighted by atomic mass is 19.1. The second kappa shape index (κ2) is 7.02. The number of aliphatic hydroxyl groups is 1.